The average molecular weight is 423 g/mol. The number of hydrogen-bond acceptors (Lipinski definition) is 5. The maximum atomic E-state index is 13.1. The van der Waals surface area contributed by atoms with Gasteiger partial charge in [0.05, 0.1) is 43.0 Å². The molecular weight excluding hydrogens is 399 g/mol. The summed E-state index contributed by atoms with van der Waals surface area (Å²) in [5, 5.41) is 14.6. The van der Waals surface area contributed by atoms with Gasteiger partial charge in [-0.3, -0.25) is 10.1 Å². The molecule has 0 unspecified atom stereocenters. The molecular formula is C19H24FN4O4S+. The van der Waals surface area contributed by atoms with Crippen LogP contribution < -0.4 is 10.2 Å². The number of nitrogens with one attached hydrogen (secondary N) is 2. The molecule has 2 aromatic rings. The van der Waals surface area contributed by atoms with Gasteiger partial charge in [0.2, 0.25) is 10.0 Å². The van der Waals surface area contributed by atoms with Crippen LogP contribution in [0.15, 0.2) is 47.4 Å². The third-order valence-electron chi connectivity index (χ3n) is 5.12. The molecule has 0 aromatic heterocycles. The molecule has 3 rings (SSSR count). The fourth-order valence-corrected chi connectivity index (χ4v) is 4.73. The molecule has 1 fully saturated rings. The third-order valence-corrected chi connectivity index (χ3v) is 7.02. The van der Waals surface area contributed by atoms with E-state index in [1.54, 1.807) is 19.1 Å². The number of sulfonamides is 1. The summed E-state index contributed by atoms with van der Waals surface area (Å²) >= 11 is 0. The van der Waals surface area contributed by atoms with E-state index in [2.05, 4.69) is 5.32 Å². The summed E-state index contributed by atoms with van der Waals surface area (Å²) in [6.07, 6.45) is 0. The minimum atomic E-state index is -3.80. The topological polar surface area (TPSA) is 97.0 Å². The molecule has 0 amide bonds. The predicted octanol–water partition coefficient (Wildman–Crippen LogP) is 1.43. The highest BCUT2D eigenvalue weighted by Gasteiger charge is 2.31. The quantitative estimate of drug-likeness (QED) is 0.541. The summed E-state index contributed by atoms with van der Waals surface area (Å²) in [6, 6.07) is 9.36. The first kappa shape index (κ1) is 21.2. The Bertz CT molecular complexity index is 990. The molecule has 1 heterocycles. The molecule has 2 N–H and O–H groups in total. The zero-order chi connectivity index (χ0) is 21.2. The van der Waals surface area contributed by atoms with Gasteiger partial charge in [0, 0.05) is 12.1 Å². The molecule has 0 radical (unpaired) electrons. The van der Waals surface area contributed by atoms with Crippen molar-refractivity contribution in [1.29, 1.82) is 0 Å². The molecule has 0 aliphatic carbocycles. The number of quaternary nitrogens is 1. The van der Waals surface area contributed by atoms with Crippen molar-refractivity contribution in [1.82, 2.24) is 4.31 Å². The van der Waals surface area contributed by atoms with Crippen LogP contribution in [0.2, 0.25) is 0 Å². The molecule has 0 saturated carbocycles. The normalized spacial score (nSPS) is 17.1. The van der Waals surface area contributed by atoms with Crippen molar-refractivity contribution in [3.05, 3.63) is 64.0 Å². The fraction of sp³-hybridized carbons (Fsp3) is 0.368. The van der Waals surface area contributed by atoms with Crippen LogP contribution in [0.25, 0.3) is 0 Å². The number of likely N-dealkylation sites (N-methyl/N-ethyl adjacent to an activating group) is 1. The summed E-state index contributed by atoms with van der Waals surface area (Å²) < 4.78 is 40.3. The van der Waals surface area contributed by atoms with Crippen molar-refractivity contribution in [3.63, 3.8) is 0 Å². The summed E-state index contributed by atoms with van der Waals surface area (Å²) in [5.74, 6) is -0.369. The number of benzene rings is 2. The van der Waals surface area contributed by atoms with Crippen LogP contribution >= 0.6 is 0 Å². The van der Waals surface area contributed by atoms with Crippen molar-refractivity contribution < 1.29 is 22.6 Å². The Morgan fingerprint density at radius 2 is 1.79 bits per heavy atom. The van der Waals surface area contributed by atoms with E-state index < -0.39 is 14.9 Å². The molecule has 1 aliphatic heterocycles. The van der Waals surface area contributed by atoms with Gasteiger partial charge in [-0.1, -0.05) is 12.1 Å². The average Bonchev–Trinajstić information content (AvgIpc) is 2.68. The van der Waals surface area contributed by atoms with E-state index in [1.807, 2.05) is 7.05 Å². The maximum Gasteiger partial charge on any atom is 0.293 e. The van der Waals surface area contributed by atoms with Gasteiger partial charge in [0.25, 0.3) is 5.69 Å². The molecule has 10 heteroatoms. The second kappa shape index (κ2) is 8.44. The van der Waals surface area contributed by atoms with Gasteiger partial charge in [-0.05, 0) is 36.8 Å². The molecule has 1 aliphatic rings. The lowest BCUT2D eigenvalue weighted by molar-refractivity contribution is -0.883. The van der Waals surface area contributed by atoms with Crippen LogP contribution in [-0.4, -0.2) is 50.9 Å². The highest BCUT2D eigenvalue weighted by atomic mass is 32.2. The standard InChI is InChI=1S/C19H23FN4O4S/c1-14(15-3-5-16(20)6-4-15)21-18-8-7-17(13-19(18)24(25)26)29(27,28)23-11-9-22(2)10-12-23/h3-8,13-14,21H,9-12H2,1-2H3/p+1/t14-/m1/s1. The second-order valence-electron chi connectivity index (χ2n) is 7.21. The maximum absolute atomic E-state index is 13.1. The number of rotatable bonds is 6. The summed E-state index contributed by atoms with van der Waals surface area (Å²) in [6.45, 7) is 3.92. The lowest BCUT2D eigenvalue weighted by atomic mass is 10.1. The van der Waals surface area contributed by atoms with Gasteiger partial charge < -0.3 is 10.2 Å². The Kier molecular flexibility index (Phi) is 6.15. The SMILES string of the molecule is C[C@@H](Nc1ccc(S(=O)(=O)N2CC[NH+](C)CC2)cc1[N+](=O)[O-])c1ccc(F)cc1. The van der Waals surface area contributed by atoms with Crippen molar-refractivity contribution in [2.24, 2.45) is 0 Å². The second-order valence-corrected chi connectivity index (χ2v) is 9.15. The van der Waals surface area contributed by atoms with Gasteiger partial charge >= 0.3 is 0 Å². The largest absolute Gasteiger partial charge is 0.373 e. The van der Waals surface area contributed by atoms with Crippen LogP contribution in [-0.2, 0) is 10.0 Å². The van der Waals surface area contributed by atoms with Gasteiger partial charge in [-0.2, -0.15) is 4.31 Å². The molecule has 1 atom stereocenters. The first-order valence-electron chi connectivity index (χ1n) is 9.30. The Hall–Kier alpha value is -2.56. The fourth-order valence-electron chi connectivity index (χ4n) is 3.27. The van der Waals surface area contributed by atoms with Crippen LogP contribution in [0.4, 0.5) is 15.8 Å². The van der Waals surface area contributed by atoms with Gasteiger partial charge in [-0.15, -0.1) is 0 Å². The van der Waals surface area contributed by atoms with E-state index >= 15 is 0 Å². The summed E-state index contributed by atoms with van der Waals surface area (Å²) in [4.78, 5) is 12.1. The molecule has 156 valence electrons. The molecule has 29 heavy (non-hydrogen) atoms. The number of piperazine rings is 1. The molecule has 8 nitrogen and oxygen atoms in total. The lowest BCUT2D eigenvalue weighted by Crippen LogP contribution is -3.12. The minimum Gasteiger partial charge on any atom is -0.373 e. The highest BCUT2D eigenvalue weighted by molar-refractivity contribution is 7.89. The van der Waals surface area contributed by atoms with Crippen molar-refractivity contribution in [3.8, 4) is 0 Å². The van der Waals surface area contributed by atoms with E-state index in [-0.39, 0.29) is 28.1 Å². The Labute approximate surface area is 169 Å². The zero-order valence-corrected chi connectivity index (χ0v) is 17.1. The molecule has 2 aromatic carbocycles. The van der Waals surface area contributed by atoms with E-state index in [0.717, 1.165) is 11.6 Å². The molecule has 1 saturated heterocycles. The van der Waals surface area contributed by atoms with E-state index in [1.165, 1.54) is 33.5 Å². The monoisotopic (exact) mass is 423 g/mol. The van der Waals surface area contributed by atoms with Crippen molar-refractivity contribution >= 4 is 21.4 Å². The van der Waals surface area contributed by atoms with E-state index in [9.17, 15) is 22.9 Å². The van der Waals surface area contributed by atoms with E-state index in [0.29, 0.717) is 26.2 Å². The zero-order valence-electron chi connectivity index (χ0n) is 16.3. The first-order valence-corrected chi connectivity index (χ1v) is 10.7. The van der Waals surface area contributed by atoms with Crippen molar-refractivity contribution in [2.75, 3.05) is 38.5 Å². The minimum absolute atomic E-state index is 0.0938. The van der Waals surface area contributed by atoms with E-state index in [4.69, 9.17) is 0 Å². The van der Waals surface area contributed by atoms with Crippen LogP contribution in [0, 0.1) is 15.9 Å². The van der Waals surface area contributed by atoms with Gasteiger partial charge in [-0.25, -0.2) is 12.8 Å². The summed E-state index contributed by atoms with van der Waals surface area (Å²) in [5.41, 5.74) is 0.630. The predicted molar refractivity (Wildman–Crippen MR) is 107 cm³/mol. The number of nitrogens with zero attached hydrogens (tertiary/aromatic N) is 2. The van der Waals surface area contributed by atoms with Crippen LogP contribution in [0.1, 0.15) is 18.5 Å². The smallest absolute Gasteiger partial charge is 0.293 e. The summed E-state index contributed by atoms with van der Waals surface area (Å²) in [7, 11) is -1.80. The Morgan fingerprint density at radius 1 is 1.17 bits per heavy atom. The van der Waals surface area contributed by atoms with Gasteiger partial charge in [0.15, 0.2) is 0 Å². The van der Waals surface area contributed by atoms with Gasteiger partial charge in [0.1, 0.15) is 11.5 Å². The third kappa shape index (κ3) is 4.72. The number of hydrogen-bond donors (Lipinski definition) is 2. The number of nitro groups is 1. The molecule has 0 spiro atoms. The number of halogens is 1. The first-order chi connectivity index (χ1) is 13.7. The van der Waals surface area contributed by atoms with Crippen LogP contribution in [0.3, 0.4) is 0 Å². The van der Waals surface area contributed by atoms with Crippen LogP contribution in [0.5, 0.6) is 0 Å². The molecule has 0 bridgehead atoms. The van der Waals surface area contributed by atoms with Crippen molar-refractivity contribution in [2.45, 2.75) is 17.9 Å². The Balaban J connectivity index is 1.87. The number of nitro benzene ring substituents is 1. The number of anilines is 1. The lowest BCUT2D eigenvalue weighted by Gasteiger charge is -2.29. The highest BCUT2D eigenvalue weighted by Crippen LogP contribution is 2.31. The Morgan fingerprint density at radius 3 is 2.38 bits per heavy atom.